The molecule has 0 aliphatic carbocycles. The smallest absolute Gasteiger partial charge is 0.457 e. The zero-order valence-electron chi connectivity index (χ0n) is 36.8. The molecule has 0 bridgehead atoms. The lowest BCUT2D eigenvalue weighted by Gasteiger charge is -2.20. The molecule has 0 aliphatic rings. The van der Waals surface area contributed by atoms with Crippen molar-refractivity contribution in [3.8, 4) is 0 Å². The summed E-state index contributed by atoms with van der Waals surface area (Å²) in [6.45, 7) is 2.09. The Bertz CT molecular complexity index is 1110. The summed E-state index contributed by atoms with van der Waals surface area (Å²) in [6, 6.07) is 0. The first-order valence-corrected chi connectivity index (χ1v) is 24.6. The normalized spacial score (nSPS) is 14.2. The Morgan fingerprint density at radius 1 is 0.483 bits per heavy atom. The number of carbonyl (C=O) groups is 2. The molecule has 0 rings (SSSR count). The molecular formula is C47H85O10P. The van der Waals surface area contributed by atoms with E-state index in [1.807, 2.05) is 0 Å². The van der Waals surface area contributed by atoms with Crippen LogP contribution in [0.3, 0.4) is 0 Å². The van der Waals surface area contributed by atoms with Gasteiger partial charge < -0.3 is 24.6 Å². The molecule has 0 saturated carbocycles. The van der Waals surface area contributed by atoms with Crippen LogP contribution < -0.4 is 0 Å². The summed E-state index contributed by atoms with van der Waals surface area (Å²) in [5.74, 6) is -1.04. The van der Waals surface area contributed by atoms with E-state index in [0.717, 1.165) is 70.6 Å². The summed E-state index contributed by atoms with van der Waals surface area (Å²) in [5, 5.41) is 19.2. The highest BCUT2D eigenvalue weighted by Gasteiger charge is 2.27. The van der Waals surface area contributed by atoms with Gasteiger partial charge in [0.05, 0.1) is 26.4 Å². The zero-order chi connectivity index (χ0) is 42.6. The number of esters is 2. The van der Waals surface area contributed by atoms with Crippen LogP contribution in [0.4, 0.5) is 0 Å². The van der Waals surface area contributed by atoms with Crippen LogP contribution in [0.2, 0.25) is 0 Å². The number of aliphatic hydroxyl groups excluding tert-OH is 2. The second-order valence-corrected chi connectivity index (χ2v) is 16.8. The van der Waals surface area contributed by atoms with Gasteiger partial charge in [0.25, 0.3) is 0 Å². The number of carbonyl (C=O) groups excluding carboxylic acids is 2. The Morgan fingerprint density at radius 3 is 1.17 bits per heavy atom. The second-order valence-electron chi connectivity index (χ2n) is 15.4. The molecule has 58 heavy (non-hydrogen) atoms. The van der Waals surface area contributed by atoms with Crippen molar-refractivity contribution in [2.75, 3.05) is 26.4 Å². The fourth-order valence-corrected chi connectivity index (χ4v) is 7.07. The molecule has 3 atom stereocenters. The predicted octanol–water partition coefficient (Wildman–Crippen LogP) is 12.5. The number of rotatable bonds is 43. The van der Waals surface area contributed by atoms with Crippen molar-refractivity contribution in [1.29, 1.82) is 0 Å². The molecule has 338 valence electrons. The minimum Gasteiger partial charge on any atom is -0.457 e. The van der Waals surface area contributed by atoms with E-state index in [1.54, 1.807) is 0 Å². The average molecular weight is 841 g/mol. The predicted molar refractivity (Wildman–Crippen MR) is 237 cm³/mol. The molecule has 11 heteroatoms. The zero-order valence-corrected chi connectivity index (χ0v) is 37.6. The van der Waals surface area contributed by atoms with Crippen molar-refractivity contribution in [1.82, 2.24) is 0 Å². The van der Waals surface area contributed by atoms with Crippen molar-refractivity contribution in [3.63, 3.8) is 0 Å². The summed E-state index contributed by atoms with van der Waals surface area (Å²) in [7, 11) is -4.64. The maximum Gasteiger partial charge on any atom is 0.472 e. The molecular weight excluding hydrogens is 755 g/mol. The standard InChI is InChI=1S/C47H85O10P/c1-3-5-7-9-11-13-15-17-19-21-23-25-27-29-31-33-35-37-39-47(51)57-45(41-49)43-55-58(52,53)54-42-44(40-48)56-46(50)38-36-34-32-30-28-26-24-22-20-18-16-14-12-10-8-6-4-2/h6,8,12,14,18,20,24,26,44-45,48-49H,3-5,7,9-11,13,15-17,19,21-23,25,27-43H2,1-2H3,(H,52,53)/b8-6-,14-12-,20-18-,26-24-. The van der Waals surface area contributed by atoms with E-state index in [4.69, 9.17) is 18.5 Å². The topological polar surface area (TPSA) is 149 Å². The first-order chi connectivity index (χ1) is 28.3. The van der Waals surface area contributed by atoms with E-state index in [-0.39, 0.29) is 12.8 Å². The summed E-state index contributed by atoms with van der Waals surface area (Å²) >= 11 is 0. The van der Waals surface area contributed by atoms with E-state index in [1.165, 1.54) is 89.9 Å². The van der Waals surface area contributed by atoms with Crippen LogP contribution in [0, 0.1) is 0 Å². The van der Waals surface area contributed by atoms with Gasteiger partial charge in [0.1, 0.15) is 12.2 Å². The Morgan fingerprint density at radius 2 is 0.810 bits per heavy atom. The molecule has 0 aromatic carbocycles. The maximum absolute atomic E-state index is 12.4. The van der Waals surface area contributed by atoms with E-state index < -0.39 is 58.4 Å². The number of phosphoric acid groups is 1. The van der Waals surface area contributed by atoms with Crippen molar-refractivity contribution in [2.45, 2.75) is 212 Å². The monoisotopic (exact) mass is 841 g/mol. The highest BCUT2D eigenvalue weighted by atomic mass is 31.2. The van der Waals surface area contributed by atoms with Gasteiger partial charge in [-0.25, -0.2) is 4.57 Å². The van der Waals surface area contributed by atoms with Gasteiger partial charge in [-0.15, -0.1) is 0 Å². The van der Waals surface area contributed by atoms with E-state index in [2.05, 4.69) is 62.5 Å². The summed E-state index contributed by atoms with van der Waals surface area (Å²) in [5.41, 5.74) is 0. The van der Waals surface area contributed by atoms with Crippen molar-refractivity contribution < 1.29 is 47.8 Å². The lowest BCUT2D eigenvalue weighted by molar-refractivity contribution is -0.153. The van der Waals surface area contributed by atoms with Crippen LogP contribution in [-0.4, -0.2) is 65.7 Å². The lowest BCUT2D eigenvalue weighted by Crippen LogP contribution is -2.28. The Hall–Kier alpha value is -2.07. The van der Waals surface area contributed by atoms with Gasteiger partial charge in [0.15, 0.2) is 0 Å². The first-order valence-electron chi connectivity index (χ1n) is 23.1. The molecule has 10 nitrogen and oxygen atoms in total. The average Bonchev–Trinajstić information content (AvgIpc) is 3.21. The van der Waals surface area contributed by atoms with Gasteiger partial charge in [-0.05, 0) is 51.4 Å². The van der Waals surface area contributed by atoms with Crippen molar-refractivity contribution >= 4 is 19.8 Å². The third-order valence-electron chi connectivity index (χ3n) is 9.81. The van der Waals surface area contributed by atoms with E-state index in [0.29, 0.717) is 12.8 Å². The molecule has 0 heterocycles. The van der Waals surface area contributed by atoms with E-state index in [9.17, 15) is 29.3 Å². The molecule has 3 N–H and O–H groups in total. The van der Waals surface area contributed by atoms with Gasteiger partial charge >= 0.3 is 19.8 Å². The summed E-state index contributed by atoms with van der Waals surface area (Å²) in [6.07, 6.45) is 46.5. The van der Waals surface area contributed by atoms with Crippen LogP contribution >= 0.6 is 7.82 Å². The van der Waals surface area contributed by atoms with Crippen molar-refractivity contribution in [3.05, 3.63) is 48.6 Å². The second kappa shape index (κ2) is 43.0. The Kier molecular flexibility index (Phi) is 41.5. The first kappa shape index (κ1) is 55.9. The van der Waals surface area contributed by atoms with E-state index >= 15 is 0 Å². The third kappa shape index (κ3) is 40.7. The maximum atomic E-state index is 12.4. The molecule has 0 amide bonds. The molecule has 0 saturated heterocycles. The minimum atomic E-state index is -4.64. The summed E-state index contributed by atoms with van der Waals surface area (Å²) < 4.78 is 32.6. The van der Waals surface area contributed by atoms with Gasteiger partial charge in [0.2, 0.25) is 0 Å². The van der Waals surface area contributed by atoms with Gasteiger partial charge in [-0.1, -0.05) is 184 Å². The molecule has 0 aliphatic heterocycles. The Labute approximate surface area is 353 Å². The van der Waals surface area contributed by atoms with Crippen molar-refractivity contribution in [2.24, 2.45) is 0 Å². The molecule has 3 unspecified atom stereocenters. The number of ether oxygens (including phenoxy) is 2. The number of hydrogen-bond donors (Lipinski definition) is 3. The molecule has 0 aromatic heterocycles. The third-order valence-corrected chi connectivity index (χ3v) is 10.8. The van der Waals surface area contributed by atoms with Gasteiger partial charge in [0, 0.05) is 12.8 Å². The number of aliphatic hydroxyl groups is 2. The lowest BCUT2D eigenvalue weighted by atomic mass is 10.0. The highest BCUT2D eigenvalue weighted by molar-refractivity contribution is 7.47. The minimum absolute atomic E-state index is 0.164. The molecule has 0 spiro atoms. The number of allylic oxidation sites excluding steroid dienone is 8. The van der Waals surface area contributed by atoms with Crippen LogP contribution in [0.1, 0.15) is 200 Å². The number of unbranched alkanes of at least 4 members (excludes halogenated alkanes) is 21. The molecule has 0 fully saturated rings. The van der Waals surface area contributed by atoms with Crippen LogP contribution in [-0.2, 0) is 32.7 Å². The fraction of sp³-hybridized carbons (Fsp3) is 0.787. The van der Waals surface area contributed by atoms with Gasteiger partial charge in [-0.2, -0.15) is 0 Å². The number of phosphoric ester groups is 1. The van der Waals surface area contributed by atoms with Gasteiger partial charge in [-0.3, -0.25) is 18.6 Å². The fourth-order valence-electron chi connectivity index (χ4n) is 6.28. The molecule has 0 aromatic rings. The van der Waals surface area contributed by atoms with Crippen LogP contribution in [0.15, 0.2) is 48.6 Å². The molecule has 0 radical (unpaired) electrons. The largest absolute Gasteiger partial charge is 0.472 e. The SMILES string of the molecule is CC/C=C\C/C=C\C/C=C\C/C=C\CCCCCCC(=O)OC(CO)COP(=O)(O)OCC(CO)OC(=O)CCCCCCCCCCCCCCCCCCCC. The van der Waals surface area contributed by atoms with Crippen LogP contribution in [0.5, 0.6) is 0 Å². The quantitative estimate of drug-likeness (QED) is 0.0234. The highest BCUT2D eigenvalue weighted by Crippen LogP contribution is 2.43. The number of hydrogen-bond acceptors (Lipinski definition) is 9. The van der Waals surface area contributed by atoms with Crippen LogP contribution in [0.25, 0.3) is 0 Å². The summed E-state index contributed by atoms with van der Waals surface area (Å²) in [4.78, 5) is 34.6. The Balaban J connectivity index is 3.91.